The lowest BCUT2D eigenvalue weighted by Crippen LogP contribution is -2.29. The van der Waals surface area contributed by atoms with E-state index in [0.29, 0.717) is 24.0 Å². The summed E-state index contributed by atoms with van der Waals surface area (Å²) in [5, 5.41) is 7.67. The van der Waals surface area contributed by atoms with Crippen molar-refractivity contribution in [2.75, 3.05) is 13.2 Å². The lowest BCUT2D eigenvalue weighted by Gasteiger charge is -2.07. The molecule has 0 saturated carbocycles. The summed E-state index contributed by atoms with van der Waals surface area (Å²) >= 11 is 5.90. The third-order valence-electron chi connectivity index (χ3n) is 3.69. The average Bonchev–Trinajstić information content (AvgIpc) is 3.01. The van der Waals surface area contributed by atoms with Gasteiger partial charge in [-0.3, -0.25) is 4.79 Å². The highest BCUT2D eigenvalue weighted by Crippen LogP contribution is 2.14. The highest BCUT2D eigenvalue weighted by molar-refractivity contribution is 6.30. The third kappa shape index (κ3) is 4.40. The Morgan fingerprint density at radius 2 is 1.96 bits per heavy atom. The number of aromatic nitrogens is 3. The lowest BCUT2D eigenvalue weighted by atomic mass is 10.2. The van der Waals surface area contributed by atoms with E-state index in [1.165, 1.54) is 0 Å². The van der Waals surface area contributed by atoms with Crippen LogP contribution in [-0.4, -0.2) is 33.8 Å². The third-order valence-corrected chi connectivity index (χ3v) is 3.94. The Kier molecular flexibility index (Phi) is 5.53. The van der Waals surface area contributed by atoms with E-state index in [1.54, 1.807) is 23.7 Å². The van der Waals surface area contributed by atoms with Crippen molar-refractivity contribution in [3.05, 3.63) is 70.8 Å². The number of ether oxygens (including phenoxy) is 1. The van der Waals surface area contributed by atoms with E-state index in [1.807, 2.05) is 43.3 Å². The number of halogens is 1. The minimum absolute atomic E-state index is 0.119. The summed E-state index contributed by atoms with van der Waals surface area (Å²) in [6.45, 7) is 4.52. The van der Waals surface area contributed by atoms with Crippen LogP contribution in [0.3, 0.4) is 0 Å². The van der Waals surface area contributed by atoms with Gasteiger partial charge < -0.3 is 10.1 Å². The van der Waals surface area contributed by atoms with Gasteiger partial charge in [-0.25, -0.2) is 9.67 Å². The molecule has 0 radical (unpaired) electrons. The highest BCUT2D eigenvalue weighted by Gasteiger charge is 2.14. The summed E-state index contributed by atoms with van der Waals surface area (Å²) in [5.74, 6) is 1.18. The van der Waals surface area contributed by atoms with Crippen molar-refractivity contribution in [3.63, 3.8) is 0 Å². The fraction of sp³-hybridized carbons (Fsp3) is 0.211. The molecule has 0 fully saturated rings. The molecule has 2 aromatic carbocycles. The zero-order valence-electron chi connectivity index (χ0n) is 14.6. The van der Waals surface area contributed by atoms with Crippen molar-refractivity contribution in [2.24, 2.45) is 0 Å². The van der Waals surface area contributed by atoms with E-state index in [2.05, 4.69) is 15.4 Å². The summed E-state index contributed by atoms with van der Waals surface area (Å²) in [6, 6.07) is 14.9. The van der Waals surface area contributed by atoms with Crippen molar-refractivity contribution in [3.8, 4) is 11.4 Å². The van der Waals surface area contributed by atoms with E-state index < -0.39 is 0 Å². The maximum absolute atomic E-state index is 12.2. The number of hydrogen-bond acceptors (Lipinski definition) is 4. The molecule has 0 unspecified atom stereocenters. The topological polar surface area (TPSA) is 69.0 Å². The number of rotatable bonds is 6. The van der Waals surface area contributed by atoms with Crippen molar-refractivity contribution in [1.82, 2.24) is 20.1 Å². The molecule has 0 bridgehead atoms. The van der Waals surface area contributed by atoms with Crippen LogP contribution in [0.4, 0.5) is 0 Å². The molecule has 1 aromatic heterocycles. The van der Waals surface area contributed by atoms with Gasteiger partial charge in [-0.15, -0.1) is 5.10 Å². The molecule has 26 heavy (non-hydrogen) atoms. The van der Waals surface area contributed by atoms with Crippen molar-refractivity contribution >= 4 is 17.5 Å². The predicted octanol–water partition coefficient (Wildman–Crippen LogP) is 3.35. The van der Waals surface area contributed by atoms with Crippen LogP contribution in [0.15, 0.2) is 48.5 Å². The summed E-state index contributed by atoms with van der Waals surface area (Å²) in [7, 11) is 0. The molecule has 1 amide bonds. The molecule has 0 aliphatic carbocycles. The number of nitrogens with one attached hydrogen (secondary N) is 1. The van der Waals surface area contributed by atoms with Crippen LogP contribution < -0.4 is 10.1 Å². The van der Waals surface area contributed by atoms with Gasteiger partial charge in [0, 0.05) is 5.02 Å². The van der Waals surface area contributed by atoms with E-state index in [9.17, 15) is 4.79 Å². The van der Waals surface area contributed by atoms with Gasteiger partial charge in [0.15, 0.2) is 0 Å². The first kappa shape index (κ1) is 17.9. The molecule has 1 N–H and O–H groups in total. The van der Waals surface area contributed by atoms with Gasteiger partial charge in [0.05, 0.1) is 12.2 Å². The van der Waals surface area contributed by atoms with Crippen LogP contribution in [0, 0.1) is 13.8 Å². The highest BCUT2D eigenvalue weighted by atomic mass is 35.5. The van der Waals surface area contributed by atoms with Crippen LogP contribution in [0.5, 0.6) is 5.75 Å². The van der Waals surface area contributed by atoms with Gasteiger partial charge in [-0.1, -0.05) is 23.7 Å². The van der Waals surface area contributed by atoms with Crippen LogP contribution in [0.25, 0.3) is 5.69 Å². The van der Waals surface area contributed by atoms with E-state index in [0.717, 1.165) is 17.0 Å². The van der Waals surface area contributed by atoms with Crippen LogP contribution >= 0.6 is 11.6 Å². The largest absolute Gasteiger partial charge is 0.492 e. The van der Waals surface area contributed by atoms with Crippen molar-refractivity contribution in [2.45, 2.75) is 13.8 Å². The number of amides is 1. The van der Waals surface area contributed by atoms with Gasteiger partial charge >= 0.3 is 0 Å². The Hall–Kier alpha value is -2.86. The molecule has 3 rings (SSSR count). The Balaban J connectivity index is 1.56. The summed E-state index contributed by atoms with van der Waals surface area (Å²) < 4.78 is 7.21. The van der Waals surface area contributed by atoms with Gasteiger partial charge in [0.1, 0.15) is 18.2 Å². The first-order chi connectivity index (χ1) is 12.5. The Morgan fingerprint density at radius 1 is 1.19 bits per heavy atom. The first-order valence-corrected chi connectivity index (χ1v) is 8.58. The van der Waals surface area contributed by atoms with E-state index in [-0.39, 0.29) is 11.7 Å². The number of nitrogens with zero attached hydrogens (tertiary/aromatic N) is 3. The average molecular weight is 371 g/mol. The molecule has 6 nitrogen and oxygen atoms in total. The number of aryl methyl sites for hydroxylation is 2. The Bertz CT molecular complexity index is 906. The van der Waals surface area contributed by atoms with Gasteiger partial charge in [-0.05, 0) is 55.8 Å². The molecule has 0 saturated heterocycles. The molecule has 0 spiro atoms. The SMILES string of the molecule is Cc1cccc(OCCNC(=O)c2nc(C)n(-c3ccc(Cl)cc3)n2)c1. The van der Waals surface area contributed by atoms with Crippen LogP contribution in [0.1, 0.15) is 22.0 Å². The van der Waals surface area contributed by atoms with Gasteiger partial charge in [0.2, 0.25) is 5.82 Å². The number of hydrogen-bond donors (Lipinski definition) is 1. The fourth-order valence-electron chi connectivity index (χ4n) is 2.43. The number of benzene rings is 2. The van der Waals surface area contributed by atoms with Crippen LogP contribution in [-0.2, 0) is 0 Å². The minimum Gasteiger partial charge on any atom is -0.492 e. The van der Waals surface area contributed by atoms with Gasteiger partial charge in [-0.2, -0.15) is 0 Å². The minimum atomic E-state index is -0.339. The number of carbonyl (C=O) groups excluding carboxylic acids is 1. The molecule has 1 heterocycles. The quantitative estimate of drug-likeness (QED) is 0.675. The maximum atomic E-state index is 12.2. The summed E-state index contributed by atoms with van der Waals surface area (Å²) in [6.07, 6.45) is 0. The maximum Gasteiger partial charge on any atom is 0.291 e. The molecular formula is C19H19ClN4O2. The standard InChI is InChI=1S/C19H19ClN4O2/c1-13-4-3-5-17(12-13)26-11-10-21-19(25)18-22-14(2)24(23-18)16-8-6-15(20)7-9-16/h3-9,12H,10-11H2,1-2H3,(H,21,25). The monoisotopic (exact) mass is 370 g/mol. The molecule has 7 heteroatoms. The number of carbonyl (C=O) groups is 1. The molecule has 0 atom stereocenters. The molecule has 0 aliphatic heterocycles. The zero-order chi connectivity index (χ0) is 18.5. The van der Waals surface area contributed by atoms with Crippen molar-refractivity contribution < 1.29 is 9.53 Å². The van der Waals surface area contributed by atoms with Crippen molar-refractivity contribution in [1.29, 1.82) is 0 Å². The Labute approximate surface area is 156 Å². The second-order valence-electron chi connectivity index (χ2n) is 5.79. The normalized spacial score (nSPS) is 10.6. The molecule has 3 aromatic rings. The second kappa shape index (κ2) is 8.01. The molecular weight excluding hydrogens is 352 g/mol. The smallest absolute Gasteiger partial charge is 0.291 e. The van der Waals surface area contributed by atoms with Gasteiger partial charge in [0.25, 0.3) is 5.91 Å². The fourth-order valence-corrected chi connectivity index (χ4v) is 2.56. The summed E-state index contributed by atoms with van der Waals surface area (Å²) in [5.41, 5.74) is 1.92. The molecule has 0 aliphatic rings. The summed E-state index contributed by atoms with van der Waals surface area (Å²) in [4.78, 5) is 16.5. The lowest BCUT2D eigenvalue weighted by molar-refractivity contribution is 0.0936. The van der Waals surface area contributed by atoms with E-state index >= 15 is 0 Å². The second-order valence-corrected chi connectivity index (χ2v) is 6.23. The zero-order valence-corrected chi connectivity index (χ0v) is 15.3. The van der Waals surface area contributed by atoms with Crippen LogP contribution in [0.2, 0.25) is 5.02 Å². The molecule has 134 valence electrons. The predicted molar refractivity (Wildman–Crippen MR) is 100 cm³/mol. The first-order valence-electron chi connectivity index (χ1n) is 8.20. The van der Waals surface area contributed by atoms with E-state index in [4.69, 9.17) is 16.3 Å². The Morgan fingerprint density at radius 3 is 2.69 bits per heavy atom.